The van der Waals surface area contributed by atoms with Crippen molar-refractivity contribution >= 4 is 27.3 Å². The zero-order valence-corrected chi connectivity index (χ0v) is 12.8. The number of thiophene rings is 1. The average molecular weight is 326 g/mol. The molecule has 1 atom stereocenters. The molecule has 2 aromatic rings. The Hall–Kier alpha value is -0.840. The van der Waals surface area contributed by atoms with Crippen molar-refractivity contribution in [3.8, 4) is 5.75 Å². The summed E-state index contributed by atoms with van der Waals surface area (Å²) in [6, 6.07) is 10.2. The molecule has 1 heterocycles. The Bertz CT molecular complexity index is 538. The van der Waals surface area contributed by atoms with E-state index in [1.807, 2.05) is 18.2 Å². The van der Waals surface area contributed by atoms with Crippen LogP contribution in [-0.4, -0.2) is 7.11 Å². The molecule has 96 valence electrons. The number of halogens is 1. The summed E-state index contributed by atoms with van der Waals surface area (Å²) < 4.78 is 6.36. The Morgan fingerprint density at radius 1 is 1.39 bits per heavy atom. The molecule has 0 saturated carbocycles. The zero-order valence-electron chi connectivity index (χ0n) is 10.4. The summed E-state index contributed by atoms with van der Waals surface area (Å²) in [5.74, 6) is 0.878. The number of nitrogens with two attached hydrogens (primary N) is 1. The number of hydrogen-bond acceptors (Lipinski definition) is 3. The Kier molecular flexibility index (Phi) is 4.43. The second kappa shape index (κ2) is 5.87. The fourth-order valence-electron chi connectivity index (χ4n) is 1.99. The fourth-order valence-corrected chi connectivity index (χ4v) is 3.77. The van der Waals surface area contributed by atoms with E-state index in [9.17, 15) is 0 Å². The van der Waals surface area contributed by atoms with Crippen LogP contribution in [0.1, 0.15) is 22.0 Å². The summed E-state index contributed by atoms with van der Waals surface area (Å²) in [5, 5.41) is 0. The summed E-state index contributed by atoms with van der Waals surface area (Å²) in [5.41, 5.74) is 8.69. The van der Waals surface area contributed by atoms with Crippen molar-refractivity contribution in [3.05, 3.63) is 50.1 Å². The summed E-state index contributed by atoms with van der Waals surface area (Å²) >= 11 is 5.23. The second-order valence-corrected chi connectivity index (χ2v) is 6.86. The summed E-state index contributed by atoms with van der Waals surface area (Å²) in [6.07, 6.45) is 0.821. The lowest BCUT2D eigenvalue weighted by atomic mass is 10.0. The van der Waals surface area contributed by atoms with Crippen LogP contribution < -0.4 is 10.5 Å². The topological polar surface area (TPSA) is 35.2 Å². The first-order chi connectivity index (χ1) is 8.60. The maximum Gasteiger partial charge on any atom is 0.119 e. The van der Waals surface area contributed by atoms with Crippen LogP contribution >= 0.6 is 27.3 Å². The van der Waals surface area contributed by atoms with Crippen LogP contribution in [0.2, 0.25) is 0 Å². The van der Waals surface area contributed by atoms with Crippen molar-refractivity contribution in [3.63, 3.8) is 0 Å². The van der Waals surface area contributed by atoms with Crippen molar-refractivity contribution < 1.29 is 4.74 Å². The van der Waals surface area contributed by atoms with Crippen molar-refractivity contribution in [2.24, 2.45) is 5.73 Å². The highest BCUT2D eigenvalue weighted by molar-refractivity contribution is 9.11. The van der Waals surface area contributed by atoms with Gasteiger partial charge in [-0.3, -0.25) is 0 Å². The molecular formula is C14H16BrNOS. The molecule has 0 aliphatic rings. The molecule has 0 saturated heterocycles. The van der Waals surface area contributed by atoms with Gasteiger partial charge in [0.05, 0.1) is 10.9 Å². The molecule has 1 unspecified atom stereocenters. The lowest BCUT2D eigenvalue weighted by molar-refractivity contribution is 0.414. The van der Waals surface area contributed by atoms with E-state index in [0.717, 1.165) is 16.0 Å². The van der Waals surface area contributed by atoms with Crippen LogP contribution in [0.5, 0.6) is 5.75 Å². The van der Waals surface area contributed by atoms with Gasteiger partial charge >= 0.3 is 0 Å². The highest BCUT2D eigenvalue weighted by atomic mass is 79.9. The number of aryl methyl sites for hydroxylation is 1. The molecule has 2 nitrogen and oxygen atoms in total. The van der Waals surface area contributed by atoms with E-state index in [2.05, 4.69) is 35.0 Å². The molecule has 2 rings (SSSR count). The summed E-state index contributed by atoms with van der Waals surface area (Å²) in [7, 11) is 1.68. The molecule has 1 aromatic carbocycles. The monoisotopic (exact) mass is 325 g/mol. The van der Waals surface area contributed by atoms with Gasteiger partial charge in [0.1, 0.15) is 5.75 Å². The first kappa shape index (κ1) is 13.6. The number of rotatable bonds is 4. The molecule has 0 aliphatic heterocycles. The Morgan fingerprint density at radius 3 is 2.78 bits per heavy atom. The molecular weight excluding hydrogens is 310 g/mol. The number of benzene rings is 1. The SMILES string of the molecule is COc1cccc(CC(N)c2cc(Br)sc2C)c1. The number of methoxy groups -OCH3 is 1. The predicted molar refractivity (Wildman–Crippen MR) is 80.4 cm³/mol. The van der Waals surface area contributed by atoms with Gasteiger partial charge in [-0.25, -0.2) is 0 Å². The van der Waals surface area contributed by atoms with Gasteiger partial charge in [0.25, 0.3) is 0 Å². The van der Waals surface area contributed by atoms with Crippen LogP contribution in [-0.2, 0) is 6.42 Å². The molecule has 4 heteroatoms. The van der Waals surface area contributed by atoms with E-state index in [0.29, 0.717) is 0 Å². The fraction of sp³-hybridized carbons (Fsp3) is 0.286. The van der Waals surface area contributed by atoms with Crippen LogP contribution in [0.3, 0.4) is 0 Å². The normalized spacial score (nSPS) is 12.4. The Balaban J connectivity index is 2.15. The standard InChI is InChI=1S/C14H16BrNOS/c1-9-12(8-14(15)18-9)13(16)7-10-4-3-5-11(6-10)17-2/h3-6,8,13H,7,16H2,1-2H3. The molecule has 0 spiro atoms. The van der Waals surface area contributed by atoms with Crippen LogP contribution in [0.25, 0.3) is 0 Å². The van der Waals surface area contributed by atoms with Crippen LogP contribution in [0.15, 0.2) is 34.1 Å². The largest absolute Gasteiger partial charge is 0.497 e. The van der Waals surface area contributed by atoms with Gasteiger partial charge in [-0.05, 0) is 58.6 Å². The van der Waals surface area contributed by atoms with E-state index < -0.39 is 0 Å². The van der Waals surface area contributed by atoms with E-state index in [-0.39, 0.29) is 6.04 Å². The second-order valence-electron chi connectivity index (χ2n) is 4.22. The van der Waals surface area contributed by atoms with E-state index in [1.54, 1.807) is 18.4 Å². The predicted octanol–water partition coefficient (Wildman–Crippen LogP) is 4.07. The third-order valence-corrected chi connectivity index (χ3v) is 4.48. The van der Waals surface area contributed by atoms with Crippen molar-refractivity contribution in [1.29, 1.82) is 0 Å². The van der Waals surface area contributed by atoms with E-state index in [1.165, 1.54) is 16.0 Å². The van der Waals surface area contributed by atoms with Gasteiger partial charge < -0.3 is 10.5 Å². The highest BCUT2D eigenvalue weighted by Crippen LogP contribution is 2.31. The van der Waals surface area contributed by atoms with E-state index >= 15 is 0 Å². The van der Waals surface area contributed by atoms with Crippen molar-refractivity contribution in [1.82, 2.24) is 0 Å². The van der Waals surface area contributed by atoms with Gasteiger partial charge in [-0.15, -0.1) is 11.3 Å². The van der Waals surface area contributed by atoms with Gasteiger partial charge in [0.15, 0.2) is 0 Å². The van der Waals surface area contributed by atoms with Gasteiger partial charge in [0, 0.05) is 10.9 Å². The average Bonchev–Trinajstić information content (AvgIpc) is 2.69. The molecule has 0 amide bonds. The Morgan fingerprint density at radius 2 is 2.17 bits per heavy atom. The zero-order chi connectivity index (χ0) is 13.1. The molecule has 0 bridgehead atoms. The molecule has 0 aliphatic carbocycles. The summed E-state index contributed by atoms with van der Waals surface area (Å²) in [6.45, 7) is 2.11. The highest BCUT2D eigenvalue weighted by Gasteiger charge is 2.13. The first-order valence-electron chi connectivity index (χ1n) is 5.74. The number of ether oxygens (including phenoxy) is 1. The first-order valence-corrected chi connectivity index (χ1v) is 7.35. The molecule has 0 fully saturated rings. The van der Waals surface area contributed by atoms with Crippen LogP contribution in [0.4, 0.5) is 0 Å². The van der Waals surface area contributed by atoms with Crippen molar-refractivity contribution in [2.75, 3.05) is 7.11 Å². The van der Waals surface area contributed by atoms with Crippen LogP contribution in [0, 0.1) is 6.92 Å². The minimum absolute atomic E-state index is 0.0275. The molecule has 1 aromatic heterocycles. The molecule has 2 N–H and O–H groups in total. The van der Waals surface area contributed by atoms with Gasteiger partial charge in [-0.1, -0.05) is 12.1 Å². The quantitative estimate of drug-likeness (QED) is 0.919. The van der Waals surface area contributed by atoms with E-state index in [4.69, 9.17) is 10.5 Å². The van der Waals surface area contributed by atoms with Crippen molar-refractivity contribution in [2.45, 2.75) is 19.4 Å². The van der Waals surface area contributed by atoms with Gasteiger partial charge in [-0.2, -0.15) is 0 Å². The molecule has 18 heavy (non-hydrogen) atoms. The maximum atomic E-state index is 6.28. The Labute approximate surface area is 120 Å². The maximum absolute atomic E-state index is 6.28. The third-order valence-electron chi connectivity index (χ3n) is 2.92. The summed E-state index contributed by atoms with van der Waals surface area (Å²) in [4.78, 5) is 1.28. The lowest BCUT2D eigenvalue weighted by Gasteiger charge is -2.12. The number of hydrogen-bond donors (Lipinski definition) is 1. The minimum Gasteiger partial charge on any atom is -0.497 e. The molecule has 0 radical (unpaired) electrons. The smallest absolute Gasteiger partial charge is 0.119 e. The third kappa shape index (κ3) is 3.13. The van der Waals surface area contributed by atoms with Gasteiger partial charge in [0.2, 0.25) is 0 Å². The minimum atomic E-state index is 0.0275. The lowest BCUT2D eigenvalue weighted by Crippen LogP contribution is -2.13.